The lowest BCUT2D eigenvalue weighted by atomic mass is 9.89. The molecule has 1 aromatic carbocycles. The molecule has 0 aromatic heterocycles. The smallest absolute Gasteiger partial charge is 0.306 e. The first-order valence-electron chi connectivity index (χ1n) is 6.93. The first-order chi connectivity index (χ1) is 9.36. The van der Waals surface area contributed by atoms with Crippen LogP contribution in [-0.2, 0) is 4.79 Å². The van der Waals surface area contributed by atoms with E-state index >= 15 is 0 Å². The van der Waals surface area contributed by atoms with Crippen LogP contribution in [0.4, 0.5) is 0 Å². The summed E-state index contributed by atoms with van der Waals surface area (Å²) in [5.74, 6) is 0.576. The lowest BCUT2D eigenvalue weighted by Gasteiger charge is -2.21. The van der Waals surface area contributed by atoms with E-state index < -0.39 is 5.97 Å². The van der Waals surface area contributed by atoms with Crippen molar-refractivity contribution in [2.45, 2.75) is 39.5 Å². The van der Waals surface area contributed by atoms with Crippen molar-refractivity contribution in [1.82, 2.24) is 0 Å². The average Bonchev–Trinajstić information content (AvgIpc) is 3.12. The predicted octanol–water partition coefficient (Wildman–Crippen LogP) is 4.18. The first kappa shape index (κ1) is 15.2. The van der Waals surface area contributed by atoms with Gasteiger partial charge >= 0.3 is 5.97 Å². The molecule has 0 saturated heterocycles. The zero-order chi connectivity index (χ0) is 15.0. The normalized spacial score (nSPS) is 22.4. The van der Waals surface area contributed by atoms with E-state index in [4.69, 9.17) is 21.4 Å². The van der Waals surface area contributed by atoms with Crippen LogP contribution in [0.15, 0.2) is 6.07 Å². The molecule has 1 aliphatic rings. The third-order valence-electron chi connectivity index (χ3n) is 4.30. The van der Waals surface area contributed by atoms with Crippen molar-refractivity contribution in [1.29, 1.82) is 0 Å². The number of methoxy groups -OCH3 is 1. The van der Waals surface area contributed by atoms with Gasteiger partial charge < -0.3 is 9.84 Å². The van der Waals surface area contributed by atoms with Gasteiger partial charge in [-0.15, -0.1) is 0 Å². The van der Waals surface area contributed by atoms with Gasteiger partial charge in [-0.1, -0.05) is 18.5 Å². The molecular formula is C16H21ClO3. The highest BCUT2D eigenvalue weighted by molar-refractivity contribution is 6.31. The minimum Gasteiger partial charge on any atom is -0.496 e. The minimum absolute atomic E-state index is 0.163. The third kappa shape index (κ3) is 2.78. The molecule has 3 nitrogen and oxygen atoms in total. The largest absolute Gasteiger partial charge is 0.496 e. The Hall–Kier alpha value is -1.22. The van der Waals surface area contributed by atoms with Crippen LogP contribution in [0, 0.1) is 25.7 Å². The molecule has 1 aliphatic carbocycles. The molecule has 1 N–H and O–H groups in total. The quantitative estimate of drug-likeness (QED) is 0.886. The van der Waals surface area contributed by atoms with E-state index in [2.05, 4.69) is 6.92 Å². The second-order valence-corrected chi connectivity index (χ2v) is 6.23. The Bertz CT molecular complexity index is 539. The van der Waals surface area contributed by atoms with Gasteiger partial charge in [-0.05, 0) is 55.7 Å². The molecule has 2 rings (SSSR count). The maximum absolute atomic E-state index is 10.9. The lowest BCUT2D eigenvalue weighted by molar-refractivity contribution is -0.138. The van der Waals surface area contributed by atoms with Crippen LogP contribution in [0.1, 0.15) is 42.4 Å². The van der Waals surface area contributed by atoms with Crippen LogP contribution in [0.25, 0.3) is 0 Å². The van der Waals surface area contributed by atoms with Crippen LogP contribution < -0.4 is 4.74 Å². The summed E-state index contributed by atoms with van der Waals surface area (Å²) in [6, 6.07) is 1.92. The summed E-state index contributed by atoms with van der Waals surface area (Å²) in [5, 5.41) is 9.75. The van der Waals surface area contributed by atoms with Crippen molar-refractivity contribution in [3.63, 3.8) is 0 Å². The number of halogens is 1. The van der Waals surface area contributed by atoms with Gasteiger partial charge in [0.25, 0.3) is 0 Å². The third-order valence-corrected chi connectivity index (χ3v) is 4.69. The highest BCUT2D eigenvalue weighted by Crippen LogP contribution is 2.47. The van der Waals surface area contributed by atoms with Gasteiger partial charge in [0.2, 0.25) is 0 Å². The molecule has 3 unspecified atom stereocenters. The molecule has 1 aromatic rings. The topological polar surface area (TPSA) is 46.5 Å². The molecular weight excluding hydrogens is 276 g/mol. The van der Waals surface area contributed by atoms with Gasteiger partial charge in [-0.25, -0.2) is 0 Å². The van der Waals surface area contributed by atoms with E-state index in [0.717, 1.165) is 40.3 Å². The molecule has 20 heavy (non-hydrogen) atoms. The van der Waals surface area contributed by atoms with Crippen LogP contribution in [0.2, 0.25) is 5.02 Å². The molecule has 1 saturated carbocycles. The summed E-state index contributed by atoms with van der Waals surface area (Å²) in [4.78, 5) is 10.9. The maximum Gasteiger partial charge on any atom is 0.306 e. The number of carboxylic acids is 1. The monoisotopic (exact) mass is 296 g/mol. The number of aliphatic carboxylic acids is 1. The zero-order valence-electron chi connectivity index (χ0n) is 12.4. The van der Waals surface area contributed by atoms with Gasteiger partial charge in [-0.2, -0.15) is 0 Å². The van der Waals surface area contributed by atoms with Crippen molar-refractivity contribution in [3.05, 3.63) is 27.8 Å². The fourth-order valence-corrected chi connectivity index (χ4v) is 3.39. The Labute approximate surface area is 124 Å². The Kier molecular flexibility index (Phi) is 4.28. The van der Waals surface area contributed by atoms with Gasteiger partial charge in [-0.3, -0.25) is 4.79 Å². The van der Waals surface area contributed by atoms with Gasteiger partial charge in [0.15, 0.2) is 0 Å². The minimum atomic E-state index is -0.673. The predicted molar refractivity (Wildman–Crippen MR) is 79.7 cm³/mol. The standard InChI is InChI=1S/C16H21ClO3/c1-8(5-11-7-12(11)16(18)19)14-10(3)13(17)6-9(2)15(14)20-4/h6,8,11-12H,5,7H2,1-4H3,(H,18,19). The van der Waals surface area contributed by atoms with E-state index in [9.17, 15) is 4.79 Å². The molecule has 110 valence electrons. The van der Waals surface area contributed by atoms with E-state index in [1.807, 2.05) is 19.9 Å². The maximum atomic E-state index is 10.9. The van der Waals surface area contributed by atoms with E-state index in [0.29, 0.717) is 0 Å². The van der Waals surface area contributed by atoms with Crippen LogP contribution in [-0.4, -0.2) is 18.2 Å². The van der Waals surface area contributed by atoms with Gasteiger partial charge in [0, 0.05) is 10.6 Å². The Morgan fingerprint density at radius 2 is 2.20 bits per heavy atom. The van der Waals surface area contributed by atoms with Crippen LogP contribution >= 0.6 is 11.6 Å². The highest BCUT2D eigenvalue weighted by Gasteiger charge is 2.43. The van der Waals surface area contributed by atoms with Gasteiger partial charge in [0.05, 0.1) is 13.0 Å². The number of benzene rings is 1. The van der Waals surface area contributed by atoms with Crippen molar-refractivity contribution in [2.24, 2.45) is 11.8 Å². The molecule has 0 radical (unpaired) electrons. The van der Waals surface area contributed by atoms with E-state index in [1.165, 1.54) is 0 Å². The van der Waals surface area contributed by atoms with Crippen molar-refractivity contribution >= 4 is 17.6 Å². The average molecular weight is 297 g/mol. The lowest BCUT2D eigenvalue weighted by Crippen LogP contribution is -2.06. The van der Waals surface area contributed by atoms with E-state index in [1.54, 1.807) is 7.11 Å². The number of carbonyl (C=O) groups is 1. The number of aryl methyl sites for hydroxylation is 1. The Morgan fingerprint density at radius 1 is 1.55 bits per heavy atom. The molecule has 0 aliphatic heterocycles. The molecule has 0 spiro atoms. The first-order valence-corrected chi connectivity index (χ1v) is 7.31. The second-order valence-electron chi connectivity index (χ2n) is 5.82. The summed E-state index contributed by atoms with van der Waals surface area (Å²) in [7, 11) is 1.67. The molecule has 3 atom stereocenters. The fourth-order valence-electron chi connectivity index (χ4n) is 3.12. The van der Waals surface area contributed by atoms with Crippen LogP contribution in [0.5, 0.6) is 5.75 Å². The second kappa shape index (κ2) is 5.65. The fraction of sp³-hybridized carbons (Fsp3) is 0.562. The summed E-state index contributed by atoms with van der Waals surface area (Å²) in [5.41, 5.74) is 3.18. The number of carboxylic acid groups (broad SMARTS) is 1. The van der Waals surface area contributed by atoms with Crippen molar-refractivity contribution in [3.8, 4) is 5.75 Å². The van der Waals surface area contributed by atoms with Crippen molar-refractivity contribution < 1.29 is 14.6 Å². The highest BCUT2D eigenvalue weighted by atomic mass is 35.5. The summed E-state index contributed by atoms with van der Waals surface area (Å²) in [6.45, 7) is 6.10. The molecule has 1 fully saturated rings. The van der Waals surface area contributed by atoms with Crippen LogP contribution in [0.3, 0.4) is 0 Å². The summed E-state index contributed by atoms with van der Waals surface area (Å²) >= 11 is 6.27. The molecule has 4 heteroatoms. The summed E-state index contributed by atoms with van der Waals surface area (Å²) < 4.78 is 5.53. The number of rotatable bonds is 5. The Balaban J connectivity index is 2.25. The molecule has 0 amide bonds. The molecule has 0 heterocycles. The number of ether oxygens (including phenoxy) is 1. The number of hydrogen-bond acceptors (Lipinski definition) is 2. The molecule has 0 bridgehead atoms. The van der Waals surface area contributed by atoms with Gasteiger partial charge in [0.1, 0.15) is 5.75 Å². The zero-order valence-corrected chi connectivity index (χ0v) is 13.1. The number of hydrogen-bond donors (Lipinski definition) is 1. The van der Waals surface area contributed by atoms with E-state index in [-0.39, 0.29) is 17.8 Å². The SMILES string of the molecule is COc1c(C)cc(Cl)c(C)c1C(C)CC1CC1C(=O)O. The Morgan fingerprint density at radius 3 is 2.70 bits per heavy atom. The summed E-state index contributed by atoms with van der Waals surface area (Å²) in [6.07, 6.45) is 1.66. The van der Waals surface area contributed by atoms with Crippen molar-refractivity contribution in [2.75, 3.05) is 7.11 Å².